The Hall–Kier alpha value is -1.10. The van der Waals surface area contributed by atoms with Gasteiger partial charge in [-0.15, -0.1) is 0 Å². The molecule has 0 radical (unpaired) electrons. The number of piperazine rings is 1. The van der Waals surface area contributed by atoms with E-state index >= 15 is 0 Å². The average molecular weight is 284 g/mol. The Kier molecular flexibility index (Phi) is 4.85. The van der Waals surface area contributed by atoms with Crippen molar-refractivity contribution < 1.29 is 14.3 Å². The van der Waals surface area contributed by atoms with Crippen molar-refractivity contribution >= 4 is 11.8 Å². The third-order valence-electron chi connectivity index (χ3n) is 4.08. The van der Waals surface area contributed by atoms with Gasteiger partial charge >= 0.3 is 0 Å². The van der Waals surface area contributed by atoms with Crippen LogP contribution < -0.4 is 5.32 Å². The van der Waals surface area contributed by atoms with Crippen LogP contribution in [0.2, 0.25) is 0 Å². The second-order valence-electron chi connectivity index (χ2n) is 6.95. The standard InChI is InChI=1S/C15H28N2O3/c1-8-15(6)13(19)17(9-10(2)20-7)11(12(18)16-15)14(3,4)5/h10-11H,8-9H2,1-7H3,(H,16,18). The highest BCUT2D eigenvalue weighted by atomic mass is 16.5. The molecule has 5 nitrogen and oxygen atoms in total. The Morgan fingerprint density at radius 1 is 1.40 bits per heavy atom. The predicted molar refractivity (Wildman–Crippen MR) is 78.3 cm³/mol. The second kappa shape index (κ2) is 5.72. The van der Waals surface area contributed by atoms with Crippen LogP contribution in [-0.4, -0.2) is 48.1 Å². The molecule has 1 saturated heterocycles. The zero-order valence-corrected chi connectivity index (χ0v) is 13.7. The number of rotatable bonds is 4. The van der Waals surface area contributed by atoms with E-state index in [1.54, 1.807) is 18.9 Å². The minimum Gasteiger partial charge on any atom is -0.380 e. The maximum absolute atomic E-state index is 12.8. The maximum atomic E-state index is 12.8. The number of ether oxygens (including phenoxy) is 1. The number of nitrogens with zero attached hydrogens (tertiary/aromatic N) is 1. The first kappa shape index (κ1) is 17.0. The first-order valence-electron chi connectivity index (χ1n) is 7.22. The fourth-order valence-electron chi connectivity index (χ4n) is 2.61. The molecule has 2 amide bonds. The fraction of sp³-hybridized carbons (Fsp3) is 0.867. The Labute approximate surface area is 122 Å². The minimum atomic E-state index is -0.813. The first-order valence-corrected chi connectivity index (χ1v) is 7.22. The lowest BCUT2D eigenvalue weighted by Crippen LogP contribution is -2.72. The van der Waals surface area contributed by atoms with Gasteiger partial charge < -0.3 is 15.0 Å². The van der Waals surface area contributed by atoms with Crippen molar-refractivity contribution in [2.45, 2.75) is 65.6 Å². The Bertz CT molecular complexity index is 389. The van der Waals surface area contributed by atoms with Gasteiger partial charge in [0.25, 0.3) is 0 Å². The number of hydrogen-bond donors (Lipinski definition) is 1. The summed E-state index contributed by atoms with van der Waals surface area (Å²) in [5.74, 6) is -0.104. The molecule has 0 aromatic rings. The number of carbonyl (C=O) groups excluding carboxylic acids is 2. The summed E-state index contributed by atoms with van der Waals surface area (Å²) in [6.45, 7) is 12.0. The van der Waals surface area contributed by atoms with Gasteiger partial charge in [0.05, 0.1) is 6.10 Å². The molecule has 0 spiro atoms. The third-order valence-corrected chi connectivity index (χ3v) is 4.08. The maximum Gasteiger partial charge on any atom is 0.248 e. The van der Waals surface area contributed by atoms with Crippen molar-refractivity contribution in [3.05, 3.63) is 0 Å². The number of amides is 2. The largest absolute Gasteiger partial charge is 0.380 e. The van der Waals surface area contributed by atoms with Crippen LogP contribution in [0.4, 0.5) is 0 Å². The van der Waals surface area contributed by atoms with E-state index in [1.165, 1.54) is 0 Å². The van der Waals surface area contributed by atoms with Gasteiger partial charge in [-0.3, -0.25) is 9.59 Å². The van der Waals surface area contributed by atoms with E-state index in [1.807, 2.05) is 34.6 Å². The zero-order chi connectivity index (χ0) is 15.7. The molecule has 0 aromatic carbocycles. The summed E-state index contributed by atoms with van der Waals surface area (Å²) in [6.07, 6.45) is 0.475. The number of carbonyl (C=O) groups is 2. The Morgan fingerprint density at radius 3 is 2.35 bits per heavy atom. The van der Waals surface area contributed by atoms with Gasteiger partial charge in [-0.05, 0) is 25.7 Å². The van der Waals surface area contributed by atoms with Crippen molar-refractivity contribution in [2.75, 3.05) is 13.7 Å². The molecule has 0 saturated carbocycles. The predicted octanol–water partition coefficient (Wildman–Crippen LogP) is 1.56. The number of methoxy groups -OCH3 is 1. The van der Waals surface area contributed by atoms with Gasteiger partial charge in [-0.2, -0.15) is 0 Å². The van der Waals surface area contributed by atoms with Crippen LogP contribution in [0.25, 0.3) is 0 Å². The van der Waals surface area contributed by atoms with Gasteiger partial charge in [0.1, 0.15) is 11.6 Å². The average Bonchev–Trinajstić information content (AvgIpc) is 2.33. The van der Waals surface area contributed by atoms with Crippen LogP contribution in [0, 0.1) is 5.41 Å². The van der Waals surface area contributed by atoms with Crippen LogP contribution in [0.1, 0.15) is 48.0 Å². The van der Waals surface area contributed by atoms with E-state index in [2.05, 4.69) is 5.32 Å². The van der Waals surface area contributed by atoms with Crippen molar-refractivity contribution in [2.24, 2.45) is 5.41 Å². The summed E-state index contributed by atoms with van der Waals surface area (Å²) in [7, 11) is 1.62. The Balaban J connectivity index is 3.17. The molecule has 1 rings (SSSR count). The molecule has 0 aliphatic carbocycles. The molecule has 5 heteroatoms. The summed E-state index contributed by atoms with van der Waals surface area (Å²) in [4.78, 5) is 27.0. The van der Waals surface area contributed by atoms with Gasteiger partial charge in [0, 0.05) is 13.7 Å². The Morgan fingerprint density at radius 2 is 1.95 bits per heavy atom. The van der Waals surface area contributed by atoms with Crippen LogP contribution in [-0.2, 0) is 14.3 Å². The highest BCUT2D eigenvalue weighted by Gasteiger charge is 2.50. The number of hydrogen-bond acceptors (Lipinski definition) is 3. The normalized spacial score (nSPS) is 29.4. The SMILES string of the molecule is CCC1(C)NC(=O)C(C(C)(C)C)N(CC(C)OC)C1=O. The molecular formula is C15H28N2O3. The van der Waals surface area contributed by atoms with Crippen LogP contribution in [0.15, 0.2) is 0 Å². The molecule has 1 aliphatic rings. The lowest BCUT2D eigenvalue weighted by molar-refractivity contribution is -0.160. The van der Waals surface area contributed by atoms with E-state index in [9.17, 15) is 9.59 Å². The fourth-order valence-corrected chi connectivity index (χ4v) is 2.61. The smallest absolute Gasteiger partial charge is 0.248 e. The molecule has 116 valence electrons. The molecule has 1 fully saturated rings. The summed E-state index contributed by atoms with van der Waals surface area (Å²) in [6, 6.07) is -0.466. The minimum absolute atomic E-state index is 0.0246. The molecule has 3 unspecified atom stereocenters. The van der Waals surface area contributed by atoms with E-state index in [-0.39, 0.29) is 23.3 Å². The van der Waals surface area contributed by atoms with Gasteiger partial charge in [0.15, 0.2) is 0 Å². The monoisotopic (exact) mass is 284 g/mol. The molecular weight excluding hydrogens is 256 g/mol. The van der Waals surface area contributed by atoms with Crippen molar-refractivity contribution in [1.82, 2.24) is 10.2 Å². The molecule has 1 aliphatic heterocycles. The van der Waals surface area contributed by atoms with E-state index in [4.69, 9.17) is 4.74 Å². The zero-order valence-electron chi connectivity index (χ0n) is 13.7. The summed E-state index contributed by atoms with van der Waals surface area (Å²) >= 11 is 0. The van der Waals surface area contributed by atoms with Gasteiger partial charge in [0.2, 0.25) is 11.8 Å². The molecule has 3 atom stereocenters. The summed E-state index contributed by atoms with van der Waals surface area (Å²) < 4.78 is 5.27. The number of nitrogens with one attached hydrogen (secondary N) is 1. The lowest BCUT2D eigenvalue weighted by atomic mass is 9.80. The highest BCUT2D eigenvalue weighted by Crippen LogP contribution is 2.31. The van der Waals surface area contributed by atoms with Crippen LogP contribution in [0.5, 0.6) is 0 Å². The van der Waals surface area contributed by atoms with E-state index < -0.39 is 11.6 Å². The third kappa shape index (κ3) is 3.14. The van der Waals surface area contributed by atoms with Gasteiger partial charge in [-0.25, -0.2) is 0 Å². The van der Waals surface area contributed by atoms with E-state index in [0.29, 0.717) is 13.0 Å². The quantitative estimate of drug-likeness (QED) is 0.852. The van der Waals surface area contributed by atoms with Crippen molar-refractivity contribution in [1.29, 1.82) is 0 Å². The van der Waals surface area contributed by atoms with Crippen molar-refractivity contribution in [3.63, 3.8) is 0 Å². The topological polar surface area (TPSA) is 58.6 Å². The second-order valence-corrected chi connectivity index (χ2v) is 6.95. The van der Waals surface area contributed by atoms with Gasteiger partial charge in [-0.1, -0.05) is 27.7 Å². The van der Waals surface area contributed by atoms with Crippen LogP contribution in [0.3, 0.4) is 0 Å². The van der Waals surface area contributed by atoms with Crippen molar-refractivity contribution in [3.8, 4) is 0 Å². The van der Waals surface area contributed by atoms with Crippen LogP contribution >= 0.6 is 0 Å². The molecule has 0 aromatic heterocycles. The van der Waals surface area contributed by atoms with E-state index in [0.717, 1.165) is 0 Å². The summed E-state index contributed by atoms with van der Waals surface area (Å²) in [5, 5.41) is 2.90. The molecule has 0 bridgehead atoms. The molecule has 1 N–H and O–H groups in total. The lowest BCUT2D eigenvalue weighted by Gasteiger charge is -2.49. The first-order chi connectivity index (χ1) is 9.06. The summed E-state index contributed by atoms with van der Waals surface area (Å²) in [5.41, 5.74) is -1.13. The molecule has 20 heavy (non-hydrogen) atoms. The molecule has 1 heterocycles. The highest BCUT2D eigenvalue weighted by molar-refractivity contribution is 6.00.